The van der Waals surface area contributed by atoms with Crippen molar-refractivity contribution in [1.82, 2.24) is 10.3 Å². The summed E-state index contributed by atoms with van der Waals surface area (Å²) < 4.78 is 5.12. The molecule has 6 heteroatoms. The summed E-state index contributed by atoms with van der Waals surface area (Å²) in [6, 6.07) is 34.5. The first-order valence-corrected chi connectivity index (χ1v) is 12.7. The third kappa shape index (κ3) is 4.52. The minimum absolute atomic E-state index is 0.140. The molecule has 180 valence electrons. The molecule has 0 bridgehead atoms. The van der Waals surface area contributed by atoms with Crippen molar-refractivity contribution in [2.75, 3.05) is 0 Å². The van der Waals surface area contributed by atoms with Gasteiger partial charge in [0.1, 0.15) is 12.0 Å². The van der Waals surface area contributed by atoms with Gasteiger partial charge in [-0.3, -0.25) is 14.6 Å². The highest BCUT2D eigenvalue weighted by molar-refractivity contribution is 8.01. The quantitative estimate of drug-likeness (QED) is 0.200. The van der Waals surface area contributed by atoms with E-state index in [9.17, 15) is 9.59 Å². The van der Waals surface area contributed by atoms with Gasteiger partial charge < -0.3 is 10.1 Å². The largest absolute Gasteiger partial charge is 0.457 e. The van der Waals surface area contributed by atoms with Crippen LogP contribution in [0.25, 0.3) is 0 Å². The fraction of sp³-hybridized carbons (Fsp3) is 0.167. The van der Waals surface area contributed by atoms with E-state index in [0.717, 1.165) is 22.3 Å². The molecule has 1 aromatic heterocycles. The van der Waals surface area contributed by atoms with Gasteiger partial charge in [-0.1, -0.05) is 91.0 Å². The molecule has 1 aliphatic rings. The van der Waals surface area contributed by atoms with Crippen molar-refractivity contribution in [3.63, 3.8) is 0 Å². The number of ether oxygens (including phenoxy) is 1. The molecule has 1 saturated heterocycles. The highest BCUT2D eigenvalue weighted by Gasteiger charge is 2.52. The van der Waals surface area contributed by atoms with E-state index in [1.165, 1.54) is 6.92 Å². The van der Waals surface area contributed by atoms with E-state index in [4.69, 9.17) is 4.74 Å². The van der Waals surface area contributed by atoms with Crippen molar-refractivity contribution >= 4 is 23.6 Å². The van der Waals surface area contributed by atoms with Crippen LogP contribution in [0.4, 0.5) is 0 Å². The van der Waals surface area contributed by atoms with Crippen LogP contribution in [-0.2, 0) is 19.1 Å². The van der Waals surface area contributed by atoms with E-state index in [-0.39, 0.29) is 11.3 Å². The number of pyridine rings is 1. The van der Waals surface area contributed by atoms with Gasteiger partial charge >= 0.3 is 5.97 Å². The second-order valence-electron chi connectivity index (χ2n) is 8.66. The molecule has 3 aromatic carbocycles. The minimum atomic E-state index is -0.711. The molecule has 0 saturated carbocycles. The molecule has 0 aliphatic carbocycles. The lowest BCUT2D eigenvalue weighted by atomic mass is 9.84. The maximum atomic E-state index is 13.0. The van der Waals surface area contributed by atoms with Crippen LogP contribution in [0, 0.1) is 5.92 Å². The predicted octanol–water partition coefficient (Wildman–Crippen LogP) is 5.48. The summed E-state index contributed by atoms with van der Waals surface area (Å²) in [6.07, 6.45) is 2.58. The number of carbonyl (C=O) groups excluding carboxylic acids is 2. The van der Waals surface area contributed by atoms with E-state index in [1.807, 2.05) is 54.6 Å². The Morgan fingerprint density at radius 3 is 1.72 bits per heavy atom. The Balaban J connectivity index is 1.63. The van der Waals surface area contributed by atoms with Crippen LogP contribution >= 0.6 is 11.8 Å². The van der Waals surface area contributed by atoms with Gasteiger partial charge in [0.05, 0.1) is 10.1 Å². The Hall–Kier alpha value is -3.90. The highest BCUT2D eigenvalue weighted by atomic mass is 32.2. The third-order valence-corrected chi connectivity index (χ3v) is 8.14. The van der Waals surface area contributed by atoms with Gasteiger partial charge in [-0.15, -0.1) is 11.8 Å². The average molecular weight is 495 g/mol. The fourth-order valence-corrected chi connectivity index (χ4v) is 6.55. The van der Waals surface area contributed by atoms with Gasteiger partial charge in [0.25, 0.3) is 0 Å². The SMILES string of the molecule is CC(=O)OC(c1ccncc1)C1C(=O)NC1SC(c1ccccc1)(c1ccccc1)c1ccccc1. The lowest BCUT2D eigenvalue weighted by Gasteiger charge is -2.46. The Bertz CT molecular complexity index is 1220. The first kappa shape index (κ1) is 23.8. The summed E-state index contributed by atoms with van der Waals surface area (Å²) in [6.45, 7) is 1.37. The van der Waals surface area contributed by atoms with Crippen LogP contribution in [0.1, 0.15) is 35.3 Å². The molecule has 5 nitrogen and oxygen atoms in total. The summed E-state index contributed by atoms with van der Waals surface area (Å²) in [5.74, 6) is -1.13. The van der Waals surface area contributed by atoms with Crippen LogP contribution in [0.3, 0.4) is 0 Å². The van der Waals surface area contributed by atoms with Crippen molar-refractivity contribution in [2.45, 2.75) is 23.1 Å². The molecule has 0 spiro atoms. The number of nitrogens with one attached hydrogen (secondary N) is 1. The van der Waals surface area contributed by atoms with Gasteiger partial charge in [0, 0.05) is 19.3 Å². The summed E-state index contributed by atoms with van der Waals surface area (Å²) in [5, 5.41) is 2.79. The molecular weight excluding hydrogens is 468 g/mol. The van der Waals surface area contributed by atoms with Crippen LogP contribution in [0.15, 0.2) is 116 Å². The normalized spacial score (nSPS) is 18.0. The van der Waals surface area contributed by atoms with E-state index in [1.54, 1.807) is 36.3 Å². The topological polar surface area (TPSA) is 68.3 Å². The maximum absolute atomic E-state index is 13.0. The summed E-state index contributed by atoms with van der Waals surface area (Å²) in [7, 11) is 0. The zero-order valence-electron chi connectivity index (χ0n) is 19.8. The first-order chi connectivity index (χ1) is 17.6. The van der Waals surface area contributed by atoms with E-state index >= 15 is 0 Å². The number of benzene rings is 3. The minimum Gasteiger partial charge on any atom is -0.457 e. The number of rotatable bonds is 8. The number of β-lactam (4-membered cyclic amide) rings is 1. The molecule has 1 amide bonds. The molecule has 1 N–H and O–H groups in total. The molecule has 1 fully saturated rings. The molecule has 2 heterocycles. The Morgan fingerprint density at radius 2 is 1.31 bits per heavy atom. The zero-order valence-corrected chi connectivity index (χ0v) is 20.6. The number of carbonyl (C=O) groups is 2. The number of thioether (sulfide) groups is 1. The van der Waals surface area contributed by atoms with E-state index in [0.29, 0.717) is 0 Å². The molecule has 5 rings (SSSR count). The molecule has 1 aliphatic heterocycles. The Kier molecular flexibility index (Phi) is 6.87. The van der Waals surface area contributed by atoms with Gasteiger partial charge in [0.15, 0.2) is 0 Å². The van der Waals surface area contributed by atoms with Crippen molar-refractivity contribution in [2.24, 2.45) is 5.92 Å². The second kappa shape index (κ2) is 10.4. The fourth-order valence-electron chi connectivity index (χ4n) is 4.76. The number of esters is 1. The van der Waals surface area contributed by atoms with Crippen LogP contribution < -0.4 is 5.32 Å². The van der Waals surface area contributed by atoms with Crippen LogP contribution in [0.2, 0.25) is 0 Å². The predicted molar refractivity (Wildman–Crippen MR) is 141 cm³/mol. The Labute approximate surface area is 214 Å². The number of aromatic nitrogens is 1. The van der Waals surface area contributed by atoms with Crippen molar-refractivity contribution in [3.8, 4) is 0 Å². The third-order valence-electron chi connectivity index (χ3n) is 6.41. The lowest BCUT2D eigenvalue weighted by molar-refractivity contribution is -0.156. The second-order valence-corrected chi connectivity index (χ2v) is 10.0. The smallest absolute Gasteiger partial charge is 0.303 e. The standard InChI is InChI=1S/C30H26N2O3S/c1-21(33)35-27(22-17-19-31-20-18-22)26-28(34)32-29(26)36-30(23-11-5-2-6-12-23,24-13-7-3-8-14-24)25-15-9-4-10-16-25/h2-20,26-27,29H,1H3,(H,32,34). The number of nitrogens with zero attached hydrogens (tertiary/aromatic N) is 1. The van der Waals surface area contributed by atoms with Crippen molar-refractivity contribution in [3.05, 3.63) is 138 Å². The number of amides is 1. The average Bonchev–Trinajstić information content (AvgIpc) is 2.92. The summed E-state index contributed by atoms with van der Waals surface area (Å²) in [5.41, 5.74) is 4.04. The summed E-state index contributed by atoms with van der Waals surface area (Å²) >= 11 is 1.66. The molecule has 0 radical (unpaired) electrons. The zero-order chi connectivity index (χ0) is 25.0. The molecule has 3 unspecified atom stereocenters. The van der Waals surface area contributed by atoms with Crippen LogP contribution in [-0.4, -0.2) is 22.2 Å². The number of hydrogen-bond acceptors (Lipinski definition) is 5. The van der Waals surface area contributed by atoms with Crippen LogP contribution in [0.5, 0.6) is 0 Å². The summed E-state index contributed by atoms with van der Waals surface area (Å²) in [4.78, 5) is 29.1. The molecular formula is C30H26N2O3S. The molecule has 3 atom stereocenters. The van der Waals surface area contributed by atoms with Crippen molar-refractivity contribution < 1.29 is 14.3 Å². The highest BCUT2D eigenvalue weighted by Crippen LogP contribution is 2.53. The monoisotopic (exact) mass is 494 g/mol. The van der Waals surface area contributed by atoms with E-state index < -0.39 is 22.7 Å². The van der Waals surface area contributed by atoms with E-state index in [2.05, 4.69) is 46.7 Å². The maximum Gasteiger partial charge on any atom is 0.303 e. The van der Waals surface area contributed by atoms with Crippen molar-refractivity contribution in [1.29, 1.82) is 0 Å². The van der Waals surface area contributed by atoms with Gasteiger partial charge in [-0.2, -0.15) is 0 Å². The molecule has 36 heavy (non-hydrogen) atoms. The molecule has 4 aromatic rings. The van der Waals surface area contributed by atoms with Gasteiger partial charge in [-0.05, 0) is 34.4 Å². The van der Waals surface area contributed by atoms with Gasteiger partial charge in [-0.25, -0.2) is 0 Å². The lowest BCUT2D eigenvalue weighted by Crippen LogP contribution is -2.60. The number of hydrogen-bond donors (Lipinski definition) is 1. The van der Waals surface area contributed by atoms with Gasteiger partial charge in [0.2, 0.25) is 5.91 Å². The Morgan fingerprint density at radius 1 is 0.833 bits per heavy atom. The first-order valence-electron chi connectivity index (χ1n) is 11.8.